The second kappa shape index (κ2) is 6.64. The summed E-state index contributed by atoms with van der Waals surface area (Å²) in [6.07, 6.45) is 0. The summed E-state index contributed by atoms with van der Waals surface area (Å²) in [5, 5.41) is 4.25. The van der Waals surface area contributed by atoms with E-state index in [1.807, 2.05) is 36.6 Å². The Morgan fingerprint density at radius 2 is 2.11 bits per heavy atom. The van der Waals surface area contributed by atoms with Crippen LogP contribution in [0, 0.1) is 5.82 Å². The van der Waals surface area contributed by atoms with E-state index < -0.39 is 0 Å². The van der Waals surface area contributed by atoms with Gasteiger partial charge in [0.2, 0.25) is 0 Å². The number of nitrogens with one attached hydrogen (secondary N) is 1. The molecular formula is C13H17BrFNS2. The molecule has 0 saturated carbocycles. The highest BCUT2D eigenvalue weighted by molar-refractivity contribution is 9.10. The van der Waals surface area contributed by atoms with Gasteiger partial charge in [-0.3, -0.25) is 0 Å². The molecule has 0 bridgehead atoms. The van der Waals surface area contributed by atoms with Gasteiger partial charge in [0.25, 0.3) is 0 Å². The first kappa shape index (κ1) is 14.7. The molecule has 100 valence electrons. The van der Waals surface area contributed by atoms with Crippen LogP contribution in [0.3, 0.4) is 0 Å². The van der Waals surface area contributed by atoms with E-state index in [-0.39, 0.29) is 11.9 Å². The van der Waals surface area contributed by atoms with Gasteiger partial charge in [0.1, 0.15) is 5.82 Å². The predicted molar refractivity (Wildman–Crippen MR) is 84.1 cm³/mol. The summed E-state index contributed by atoms with van der Waals surface area (Å²) < 4.78 is 14.9. The third-order valence-electron chi connectivity index (χ3n) is 3.17. The van der Waals surface area contributed by atoms with Crippen LogP contribution >= 0.6 is 39.5 Å². The molecule has 0 aromatic heterocycles. The summed E-state index contributed by atoms with van der Waals surface area (Å²) in [5.41, 5.74) is 0.763. The highest BCUT2D eigenvalue weighted by Crippen LogP contribution is 2.39. The van der Waals surface area contributed by atoms with E-state index in [1.165, 1.54) is 11.8 Å². The Labute approximate surface area is 125 Å². The zero-order valence-corrected chi connectivity index (χ0v) is 13.7. The molecule has 1 aromatic rings. The van der Waals surface area contributed by atoms with Gasteiger partial charge in [0.05, 0.1) is 0 Å². The highest BCUT2D eigenvalue weighted by atomic mass is 79.9. The van der Waals surface area contributed by atoms with Crippen molar-refractivity contribution >= 4 is 39.5 Å². The average molecular weight is 350 g/mol. The van der Waals surface area contributed by atoms with E-state index >= 15 is 0 Å². The van der Waals surface area contributed by atoms with Crippen LogP contribution in [0.15, 0.2) is 22.7 Å². The molecule has 1 heterocycles. The van der Waals surface area contributed by atoms with Gasteiger partial charge < -0.3 is 5.32 Å². The predicted octanol–water partition coefficient (Wildman–Crippen LogP) is 4.09. The molecule has 5 heteroatoms. The summed E-state index contributed by atoms with van der Waals surface area (Å²) in [4.78, 5) is 0. The average Bonchev–Trinajstić information content (AvgIpc) is 2.36. The molecule has 2 rings (SSSR count). The van der Waals surface area contributed by atoms with Gasteiger partial charge in [-0.25, -0.2) is 4.39 Å². The van der Waals surface area contributed by atoms with Crippen molar-refractivity contribution in [2.45, 2.75) is 23.5 Å². The largest absolute Gasteiger partial charge is 0.312 e. The molecule has 18 heavy (non-hydrogen) atoms. The van der Waals surface area contributed by atoms with Crippen LogP contribution in [0.25, 0.3) is 0 Å². The van der Waals surface area contributed by atoms with Crippen LogP contribution in [0.4, 0.5) is 4.39 Å². The smallest absolute Gasteiger partial charge is 0.128 e. The third kappa shape index (κ3) is 3.24. The Kier molecular flexibility index (Phi) is 5.42. The van der Waals surface area contributed by atoms with Crippen molar-refractivity contribution < 1.29 is 4.39 Å². The number of thioether (sulfide) groups is 2. The third-order valence-corrected chi connectivity index (χ3v) is 6.86. The van der Waals surface area contributed by atoms with E-state index in [0.29, 0.717) is 10.5 Å². The van der Waals surface area contributed by atoms with Crippen molar-refractivity contribution in [3.8, 4) is 0 Å². The van der Waals surface area contributed by atoms with Crippen molar-refractivity contribution in [1.29, 1.82) is 0 Å². The molecule has 1 aliphatic rings. The van der Waals surface area contributed by atoms with E-state index in [4.69, 9.17) is 0 Å². The van der Waals surface area contributed by atoms with Crippen LogP contribution in [-0.2, 0) is 0 Å². The topological polar surface area (TPSA) is 12.0 Å². The molecule has 1 saturated heterocycles. The fourth-order valence-electron chi connectivity index (χ4n) is 2.27. The lowest BCUT2D eigenvalue weighted by Gasteiger charge is -2.34. The minimum absolute atomic E-state index is 0.0651. The van der Waals surface area contributed by atoms with Gasteiger partial charge in [-0.15, -0.1) is 0 Å². The SMILES string of the molecule is CNC(c1cc(Br)ccc1F)C1SCCSC1C. The Bertz CT molecular complexity index is 416. The summed E-state index contributed by atoms with van der Waals surface area (Å²) >= 11 is 7.35. The van der Waals surface area contributed by atoms with Gasteiger partial charge in [0.15, 0.2) is 0 Å². The Balaban J connectivity index is 2.29. The molecule has 1 aromatic carbocycles. The van der Waals surface area contributed by atoms with E-state index in [9.17, 15) is 4.39 Å². The van der Waals surface area contributed by atoms with Crippen LogP contribution in [0.2, 0.25) is 0 Å². The molecule has 1 nitrogen and oxygen atoms in total. The fraction of sp³-hybridized carbons (Fsp3) is 0.538. The maximum atomic E-state index is 14.0. The fourth-order valence-corrected chi connectivity index (χ4v) is 5.62. The first-order chi connectivity index (χ1) is 8.63. The lowest BCUT2D eigenvalue weighted by molar-refractivity contribution is 0.516. The lowest BCUT2D eigenvalue weighted by Crippen LogP contribution is -2.36. The Morgan fingerprint density at radius 1 is 1.39 bits per heavy atom. The Hall–Kier alpha value is 0.290. The van der Waals surface area contributed by atoms with Crippen molar-refractivity contribution in [2.75, 3.05) is 18.6 Å². The summed E-state index contributed by atoms with van der Waals surface area (Å²) in [6, 6.07) is 5.24. The maximum Gasteiger partial charge on any atom is 0.128 e. The monoisotopic (exact) mass is 349 g/mol. The van der Waals surface area contributed by atoms with E-state index in [2.05, 4.69) is 28.2 Å². The van der Waals surface area contributed by atoms with Crippen molar-refractivity contribution in [2.24, 2.45) is 0 Å². The number of benzene rings is 1. The molecule has 0 spiro atoms. The highest BCUT2D eigenvalue weighted by Gasteiger charge is 2.31. The van der Waals surface area contributed by atoms with Crippen LogP contribution in [0.1, 0.15) is 18.5 Å². The molecule has 0 amide bonds. The molecule has 1 aliphatic heterocycles. The zero-order valence-electron chi connectivity index (χ0n) is 10.5. The van der Waals surface area contributed by atoms with Crippen LogP contribution in [-0.4, -0.2) is 29.1 Å². The summed E-state index contributed by atoms with van der Waals surface area (Å²) in [5.74, 6) is 2.22. The molecule has 3 atom stereocenters. The molecule has 1 fully saturated rings. The van der Waals surface area contributed by atoms with Gasteiger partial charge >= 0.3 is 0 Å². The maximum absolute atomic E-state index is 14.0. The quantitative estimate of drug-likeness (QED) is 0.882. The van der Waals surface area contributed by atoms with Gasteiger partial charge in [0, 0.05) is 38.1 Å². The van der Waals surface area contributed by atoms with Gasteiger partial charge in [-0.1, -0.05) is 22.9 Å². The number of hydrogen-bond donors (Lipinski definition) is 1. The molecule has 0 aliphatic carbocycles. The minimum atomic E-state index is -0.124. The number of rotatable bonds is 3. The van der Waals surface area contributed by atoms with Gasteiger partial charge in [-0.2, -0.15) is 23.5 Å². The van der Waals surface area contributed by atoms with Crippen molar-refractivity contribution in [1.82, 2.24) is 5.32 Å². The van der Waals surface area contributed by atoms with Crippen molar-refractivity contribution in [3.05, 3.63) is 34.1 Å². The number of halogens is 2. The minimum Gasteiger partial charge on any atom is -0.312 e. The summed E-state index contributed by atoms with van der Waals surface area (Å²) in [6.45, 7) is 2.24. The second-order valence-corrected chi connectivity index (χ2v) is 8.03. The first-order valence-corrected chi connectivity index (χ1v) is 8.88. The lowest BCUT2D eigenvalue weighted by atomic mass is 10.0. The van der Waals surface area contributed by atoms with Gasteiger partial charge in [-0.05, 0) is 25.2 Å². The normalized spacial score (nSPS) is 26.0. The summed E-state index contributed by atoms with van der Waals surface area (Å²) in [7, 11) is 1.91. The molecule has 1 N–H and O–H groups in total. The second-order valence-electron chi connectivity index (χ2n) is 4.34. The number of hydrogen-bond acceptors (Lipinski definition) is 3. The zero-order chi connectivity index (χ0) is 13.1. The molecular weight excluding hydrogens is 333 g/mol. The van der Waals surface area contributed by atoms with E-state index in [1.54, 1.807) is 6.07 Å². The first-order valence-electron chi connectivity index (χ1n) is 5.99. The van der Waals surface area contributed by atoms with E-state index in [0.717, 1.165) is 15.8 Å². The Morgan fingerprint density at radius 3 is 2.78 bits per heavy atom. The standard InChI is InChI=1S/C13H17BrFNS2/c1-8-13(18-6-5-17-8)12(16-2)10-7-9(14)3-4-11(10)15/h3-4,7-8,12-13,16H,5-6H2,1-2H3. The van der Waals surface area contributed by atoms with Crippen LogP contribution < -0.4 is 5.32 Å². The molecule has 3 unspecified atom stereocenters. The molecule has 0 radical (unpaired) electrons. The van der Waals surface area contributed by atoms with Crippen molar-refractivity contribution in [3.63, 3.8) is 0 Å². The van der Waals surface area contributed by atoms with Crippen LogP contribution in [0.5, 0.6) is 0 Å².